The summed E-state index contributed by atoms with van der Waals surface area (Å²) in [5.41, 5.74) is 2.10. The molecule has 0 aliphatic carbocycles. The van der Waals surface area contributed by atoms with Crippen LogP contribution < -0.4 is 15.4 Å². The van der Waals surface area contributed by atoms with Crippen LogP contribution in [0.15, 0.2) is 45.5 Å². The number of carbonyl (C=O) groups excluding carboxylic acids is 4. The van der Waals surface area contributed by atoms with Crippen molar-refractivity contribution < 1.29 is 38.7 Å². The Balaban J connectivity index is 1.84. The van der Waals surface area contributed by atoms with Crippen molar-refractivity contribution in [3.05, 3.63) is 51.0 Å². The third-order valence-electron chi connectivity index (χ3n) is 5.04. The molecule has 0 saturated carbocycles. The number of quaternary nitrogens is 1. The molecule has 3 rings (SSSR count). The summed E-state index contributed by atoms with van der Waals surface area (Å²) in [6, 6.07) is 7.88. The fourth-order valence-corrected chi connectivity index (χ4v) is 4.87. The number of carbonyl (C=O) groups is 4. The van der Waals surface area contributed by atoms with Gasteiger partial charge >= 0.3 is 17.8 Å². The number of ether oxygens (including phenoxy) is 3. The van der Waals surface area contributed by atoms with Gasteiger partial charge < -0.3 is 24.5 Å². The van der Waals surface area contributed by atoms with E-state index in [2.05, 4.69) is 42.2 Å². The maximum Gasteiger partial charge on any atom is 0.437 e. The summed E-state index contributed by atoms with van der Waals surface area (Å²) in [4.78, 5) is 50.4. The predicted octanol–water partition coefficient (Wildman–Crippen LogP) is 2.99. The molecule has 10 nitrogen and oxygen atoms in total. The van der Waals surface area contributed by atoms with Gasteiger partial charge in [-0.2, -0.15) is 0 Å². The summed E-state index contributed by atoms with van der Waals surface area (Å²) < 4.78 is 16.7. The van der Waals surface area contributed by atoms with Crippen LogP contribution >= 0.6 is 31.9 Å². The minimum Gasteiger partial charge on any atom is -0.467 e. The molecule has 2 aromatic carbocycles. The number of halogens is 2. The third-order valence-corrected chi connectivity index (χ3v) is 6.22. The number of aromatic nitrogens is 1. The molecule has 190 valence electrons. The topological polar surface area (TPSA) is 140 Å². The van der Waals surface area contributed by atoms with Crippen molar-refractivity contribution in [3.63, 3.8) is 0 Å². The van der Waals surface area contributed by atoms with E-state index in [0.717, 1.165) is 16.5 Å². The SMILES string of the molecule is CCOC(=O)C(=O)[NH2+]c1cc(Br)c(Oc2ccc3[nH]cc(CC(NC(C)=O)C(=O)OC)c3c2)c(Br)c1. The molecular formula is C24H24Br2N3O7+. The van der Waals surface area contributed by atoms with E-state index in [1.165, 1.54) is 19.4 Å². The highest BCUT2D eigenvalue weighted by Crippen LogP contribution is 2.39. The summed E-state index contributed by atoms with van der Waals surface area (Å²) in [6.45, 7) is 3.07. The van der Waals surface area contributed by atoms with Gasteiger partial charge in [0.1, 0.15) is 17.5 Å². The van der Waals surface area contributed by atoms with Crippen LogP contribution in [-0.2, 0) is 35.1 Å². The third kappa shape index (κ3) is 6.71. The van der Waals surface area contributed by atoms with Gasteiger partial charge in [0.2, 0.25) is 5.91 Å². The van der Waals surface area contributed by atoms with Crippen LogP contribution in [-0.4, -0.2) is 48.5 Å². The monoisotopic (exact) mass is 624 g/mol. The molecule has 1 aromatic heterocycles. The largest absolute Gasteiger partial charge is 0.467 e. The van der Waals surface area contributed by atoms with Gasteiger partial charge in [-0.25, -0.2) is 19.7 Å². The fraction of sp³-hybridized carbons (Fsp3) is 0.250. The van der Waals surface area contributed by atoms with Gasteiger partial charge in [-0.3, -0.25) is 4.79 Å². The molecule has 1 heterocycles. The Morgan fingerprint density at radius 3 is 2.42 bits per heavy atom. The number of nitrogens with one attached hydrogen (secondary N) is 2. The van der Waals surface area contributed by atoms with Crippen molar-refractivity contribution in [2.45, 2.75) is 26.3 Å². The van der Waals surface area contributed by atoms with Crippen LogP contribution in [0.1, 0.15) is 19.4 Å². The van der Waals surface area contributed by atoms with Crippen molar-refractivity contribution in [2.75, 3.05) is 13.7 Å². The number of methoxy groups -OCH3 is 1. The first kappa shape index (κ1) is 27.4. The number of benzene rings is 2. The minimum atomic E-state index is -0.923. The highest BCUT2D eigenvalue weighted by Gasteiger charge is 2.24. The maximum absolute atomic E-state index is 12.1. The summed E-state index contributed by atoms with van der Waals surface area (Å²) in [5.74, 6) is -1.60. The average molecular weight is 626 g/mol. The van der Waals surface area contributed by atoms with Crippen molar-refractivity contribution >= 4 is 72.2 Å². The molecule has 0 fully saturated rings. The molecule has 0 radical (unpaired) electrons. The predicted molar refractivity (Wildman–Crippen MR) is 137 cm³/mol. The molecule has 12 heteroatoms. The van der Waals surface area contributed by atoms with E-state index >= 15 is 0 Å². The molecule has 1 atom stereocenters. The summed E-state index contributed by atoms with van der Waals surface area (Å²) >= 11 is 6.90. The zero-order chi connectivity index (χ0) is 26.4. The van der Waals surface area contributed by atoms with Gasteiger partial charge in [-0.05, 0) is 62.5 Å². The number of rotatable bonds is 8. The van der Waals surface area contributed by atoms with E-state index in [1.54, 1.807) is 31.3 Å². The molecule has 1 unspecified atom stereocenters. The second-order valence-electron chi connectivity index (χ2n) is 7.65. The van der Waals surface area contributed by atoms with Crippen molar-refractivity contribution in [2.24, 2.45) is 0 Å². The second kappa shape index (κ2) is 12.2. The van der Waals surface area contributed by atoms with Gasteiger partial charge in [-0.15, -0.1) is 0 Å². The molecule has 0 spiro atoms. The molecule has 36 heavy (non-hydrogen) atoms. The Labute approximate surface area is 223 Å². The number of fused-ring (bicyclic) bond motifs is 1. The Hall–Kier alpha value is -3.22. The first-order valence-corrected chi connectivity index (χ1v) is 12.4. The first-order chi connectivity index (χ1) is 17.1. The number of H-pyrrole nitrogens is 1. The number of hydrogen-bond donors (Lipinski definition) is 3. The Morgan fingerprint density at radius 2 is 1.81 bits per heavy atom. The van der Waals surface area contributed by atoms with Crippen LogP contribution in [0.5, 0.6) is 11.5 Å². The van der Waals surface area contributed by atoms with Gasteiger partial charge in [0, 0.05) is 42.6 Å². The Bertz CT molecular complexity index is 1300. The maximum atomic E-state index is 12.1. The van der Waals surface area contributed by atoms with Gasteiger partial charge in [0.25, 0.3) is 0 Å². The molecule has 0 aliphatic rings. The molecule has 2 amide bonds. The summed E-state index contributed by atoms with van der Waals surface area (Å²) in [7, 11) is 1.27. The fourth-order valence-electron chi connectivity index (χ4n) is 3.48. The van der Waals surface area contributed by atoms with E-state index < -0.39 is 23.9 Å². The van der Waals surface area contributed by atoms with Crippen molar-refractivity contribution in [1.29, 1.82) is 0 Å². The van der Waals surface area contributed by atoms with E-state index in [1.807, 2.05) is 12.1 Å². The van der Waals surface area contributed by atoms with E-state index in [9.17, 15) is 19.2 Å². The number of amides is 2. The number of hydrogen-bond acceptors (Lipinski definition) is 7. The lowest BCUT2D eigenvalue weighted by Crippen LogP contribution is -2.84. The van der Waals surface area contributed by atoms with Crippen LogP contribution in [0, 0.1) is 0 Å². The highest BCUT2D eigenvalue weighted by molar-refractivity contribution is 9.11. The van der Waals surface area contributed by atoms with Gasteiger partial charge in [-0.1, -0.05) is 0 Å². The number of aromatic amines is 1. The van der Waals surface area contributed by atoms with Crippen LogP contribution in [0.2, 0.25) is 0 Å². The Kier molecular flexibility index (Phi) is 9.24. The molecule has 0 saturated heterocycles. The zero-order valence-corrected chi connectivity index (χ0v) is 22.8. The molecule has 4 N–H and O–H groups in total. The average Bonchev–Trinajstić information content (AvgIpc) is 3.22. The van der Waals surface area contributed by atoms with E-state index in [4.69, 9.17) is 14.2 Å². The summed E-state index contributed by atoms with van der Waals surface area (Å²) in [6.07, 6.45) is 1.99. The van der Waals surface area contributed by atoms with E-state index in [0.29, 0.717) is 26.1 Å². The molecule has 3 aromatic rings. The standard InChI is InChI=1S/C24H23Br2N3O7/c1-4-35-24(33)22(31)29-14-8-17(25)21(18(26)9-14)36-15-5-6-19-16(10-15)13(11-27-19)7-20(23(32)34-3)28-12(2)30/h5-6,8-11,20,27H,4,7H2,1-3H3,(H,28,30)(H,29,31)/p+1. The highest BCUT2D eigenvalue weighted by atomic mass is 79.9. The molecular weight excluding hydrogens is 602 g/mol. The van der Waals surface area contributed by atoms with Crippen LogP contribution in [0.3, 0.4) is 0 Å². The summed E-state index contributed by atoms with van der Waals surface area (Å²) in [5, 5.41) is 4.60. The molecule has 0 aliphatic heterocycles. The number of nitrogens with two attached hydrogens (primary N) is 1. The van der Waals surface area contributed by atoms with E-state index in [-0.39, 0.29) is 18.9 Å². The lowest BCUT2D eigenvalue weighted by atomic mass is 10.0. The lowest BCUT2D eigenvalue weighted by molar-refractivity contribution is -0.479. The normalized spacial score (nSPS) is 11.6. The van der Waals surface area contributed by atoms with Crippen LogP contribution in [0.4, 0.5) is 5.69 Å². The van der Waals surface area contributed by atoms with Gasteiger partial charge in [0.05, 0.1) is 22.7 Å². The van der Waals surface area contributed by atoms with Crippen LogP contribution in [0.25, 0.3) is 10.9 Å². The van der Waals surface area contributed by atoms with Crippen molar-refractivity contribution in [3.8, 4) is 11.5 Å². The van der Waals surface area contributed by atoms with Crippen molar-refractivity contribution in [1.82, 2.24) is 10.3 Å². The lowest BCUT2D eigenvalue weighted by Gasteiger charge is -2.15. The Morgan fingerprint density at radius 1 is 1.11 bits per heavy atom. The number of esters is 2. The quantitative estimate of drug-likeness (QED) is 0.199. The zero-order valence-electron chi connectivity index (χ0n) is 19.6. The van der Waals surface area contributed by atoms with Gasteiger partial charge in [0.15, 0.2) is 5.75 Å². The first-order valence-electron chi connectivity index (χ1n) is 10.8. The smallest absolute Gasteiger partial charge is 0.437 e. The minimum absolute atomic E-state index is 0.113. The molecule has 0 bridgehead atoms. The second-order valence-corrected chi connectivity index (χ2v) is 9.36. The number of primary amides is 1.